The van der Waals surface area contributed by atoms with E-state index in [4.69, 9.17) is 51.4 Å². The van der Waals surface area contributed by atoms with Crippen LogP contribution in [0.15, 0.2) is 97.1 Å². The summed E-state index contributed by atoms with van der Waals surface area (Å²) in [6, 6.07) is 24.0. The molecule has 0 spiro atoms. The summed E-state index contributed by atoms with van der Waals surface area (Å²) in [6.45, 7) is 6.16. The molecule has 6 rings (SSSR count). The van der Waals surface area contributed by atoms with Gasteiger partial charge in [0.25, 0.3) is 0 Å². The van der Waals surface area contributed by atoms with E-state index in [9.17, 15) is 19.2 Å². The highest BCUT2D eigenvalue weighted by atomic mass is 16.6. The number of benzene rings is 4. The highest BCUT2D eigenvalue weighted by molar-refractivity contribution is 5.91. The molecule has 0 amide bonds. The second kappa shape index (κ2) is 31.7. The normalized spacial score (nSPS) is 17.6. The zero-order chi connectivity index (χ0) is 52.2. The minimum atomic E-state index is -0.499. The first-order valence-corrected chi connectivity index (χ1v) is 26.2. The van der Waals surface area contributed by atoms with E-state index in [2.05, 4.69) is 13.8 Å². The Labute approximate surface area is 432 Å². The first-order chi connectivity index (χ1) is 35.4. The zero-order valence-corrected chi connectivity index (χ0v) is 42.9. The Balaban J connectivity index is 0.000000271. The molecule has 2 fully saturated rings. The van der Waals surface area contributed by atoms with E-state index in [1.807, 2.05) is 0 Å². The van der Waals surface area contributed by atoms with Crippen LogP contribution in [-0.2, 0) is 51.2 Å². The lowest BCUT2D eigenvalue weighted by molar-refractivity contribution is -0.139. The van der Waals surface area contributed by atoms with Crippen molar-refractivity contribution >= 4 is 58.8 Å². The number of nitrogen functional groups attached to an aromatic ring is 4. The fourth-order valence-corrected chi connectivity index (χ4v) is 8.49. The number of hydrogen-bond acceptors (Lipinski definition) is 14. The number of carbonyl (C=O) groups excluding carboxylic acids is 4. The highest BCUT2D eigenvalue weighted by Gasteiger charge is 2.26. The van der Waals surface area contributed by atoms with Crippen LogP contribution >= 0.6 is 0 Å². The molecule has 2 aliphatic rings. The third-order valence-corrected chi connectivity index (χ3v) is 12.9. The number of nitrogens with two attached hydrogens (primary N) is 4. The largest absolute Gasteiger partial charge is 0.459 e. The molecular weight excluding hydrogens is 925 g/mol. The maximum Gasteiger partial charge on any atom is 0.338 e. The topological polar surface area (TPSA) is 228 Å². The van der Waals surface area contributed by atoms with Gasteiger partial charge in [-0.05, 0) is 148 Å². The fourth-order valence-electron chi connectivity index (χ4n) is 8.49. The van der Waals surface area contributed by atoms with Gasteiger partial charge in [-0.3, -0.25) is 0 Å². The SMILES string of the molecule is CCCCCCCOC1CCC(OC(=O)c2ccc(/C=C/C(=O)OCc3cc(N)ccc3N)cc2)CC1.CCCCCCOC1CCC(OC(=O)c2ccc(/C=C/C(=O)OCc3cc(N)ccc3N)cc2)CC1. The smallest absolute Gasteiger partial charge is 0.338 e. The average Bonchev–Trinajstić information content (AvgIpc) is 3.40. The minimum absolute atomic E-state index is 0.0395. The van der Waals surface area contributed by atoms with Crippen molar-refractivity contribution in [1.29, 1.82) is 0 Å². The third-order valence-electron chi connectivity index (χ3n) is 12.9. The number of rotatable bonds is 25. The van der Waals surface area contributed by atoms with E-state index in [-0.39, 0.29) is 49.6 Å². The van der Waals surface area contributed by atoms with Crippen LogP contribution in [0.3, 0.4) is 0 Å². The number of hydrogen-bond donors (Lipinski definition) is 4. The summed E-state index contributed by atoms with van der Waals surface area (Å²) in [5, 5.41) is 0. The van der Waals surface area contributed by atoms with Crippen LogP contribution in [-0.4, -0.2) is 61.5 Å². The lowest BCUT2D eigenvalue weighted by Gasteiger charge is -2.28. The minimum Gasteiger partial charge on any atom is -0.459 e. The molecule has 394 valence electrons. The van der Waals surface area contributed by atoms with Crippen molar-refractivity contribution in [3.63, 3.8) is 0 Å². The van der Waals surface area contributed by atoms with Crippen molar-refractivity contribution in [2.75, 3.05) is 36.1 Å². The first-order valence-electron chi connectivity index (χ1n) is 26.2. The molecule has 14 nitrogen and oxygen atoms in total. The molecule has 0 unspecified atom stereocenters. The molecule has 0 atom stereocenters. The Morgan fingerprint density at radius 3 is 1.21 bits per heavy atom. The predicted octanol–water partition coefficient (Wildman–Crippen LogP) is 11.7. The molecule has 14 heteroatoms. The van der Waals surface area contributed by atoms with Gasteiger partial charge < -0.3 is 51.4 Å². The standard InChI is InChI=1S/C30H40N2O5.C29H38N2O5/c1-2-3-4-5-6-19-35-26-13-15-27(16-14-26)37-30(34)23-10-7-22(8-11-23)9-18-29(33)36-21-24-20-25(31)12-17-28(24)32;1-2-3-4-5-18-34-25-12-14-26(15-13-25)36-29(33)22-9-6-21(7-10-22)8-17-28(32)35-20-23-19-24(30)11-16-27(23)31/h7-12,17-18,20,26-27H,2-6,13-16,19,21,31-32H2,1H3;6-11,16-17,19,25-26H,2-5,12-15,18,20,30-31H2,1H3/b18-9+;17-8+. The van der Waals surface area contributed by atoms with Crippen molar-refractivity contribution < 1.29 is 47.6 Å². The molecular formula is C59H78N4O10. The number of carbonyl (C=O) groups is 4. The molecule has 0 bridgehead atoms. The summed E-state index contributed by atoms with van der Waals surface area (Å²) < 4.78 is 33.9. The Bertz CT molecular complexity index is 2370. The van der Waals surface area contributed by atoms with Gasteiger partial charge in [0.05, 0.1) is 23.3 Å². The monoisotopic (exact) mass is 1000 g/mol. The Kier molecular flexibility index (Phi) is 24.9. The predicted molar refractivity (Wildman–Crippen MR) is 289 cm³/mol. The Morgan fingerprint density at radius 2 is 0.822 bits per heavy atom. The van der Waals surface area contributed by atoms with Crippen molar-refractivity contribution in [3.8, 4) is 0 Å². The van der Waals surface area contributed by atoms with Crippen LogP contribution in [0.5, 0.6) is 0 Å². The maximum atomic E-state index is 12.6. The fraction of sp³-hybridized carbons (Fsp3) is 0.458. The van der Waals surface area contributed by atoms with Crippen molar-refractivity contribution in [1.82, 2.24) is 0 Å². The summed E-state index contributed by atoms with van der Waals surface area (Å²) >= 11 is 0. The highest BCUT2D eigenvalue weighted by Crippen LogP contribution is 2.27. The molecule has 8 N–H and O–H groups in total. The number of unbranched alkanes of at least 4 members (excludes halogenated alkanes) is 7. The first kappa shape index (κ1) is 57.3. The van der Waals surface area contributed by atoms with Crippen LogP contribution in [0.4, 0.5) is 22.7 Å². The van der Waals surface area contributed by atoms with E-state index in [0.29, 0.717) is 45.0 Å². The van der Waals surface area contributed by atoms with Gasteiger partial charge in [-0.1, -0.05) is 83.1 Å². The summed E-state index contributed by atoms with van der Waals surface area (Å²) in [7, 11) is 0. The quantitative estimate of drug-likeness (QED) is 0.0159. The molecule has 2 aliphatic carbocycles. The van der Waals surface area contributed by atoms with E-state index in [0.717, 1.165) is 88.5 Å². The van der Waals surface area contributed by atoms with Gasteiger partial charge in [0.1, 0.15) is 25.4 Å². The third kappa shape index (κ3) is 21.5. The Morgan fingerprint density at radius 1 is 0.466 bits per heavy atom. The molecule has 0 aromatic heterocycles. The molecule has 0 heterocycles. The summed E-state index contributed by atoms with van der Waals surface area (Å²) in [4.78, 5) is 49.2. The lowest BCUT2D eigenvalue weighted by Crippen LogP contribution is -2.28. The number of ether oxygens (including phenoxy) is 6. The van der Waals surface area contributed by atoms with Crippen LogP contribution in [0, 0.1) is 0 Å². The lowest BCUT2D eigenvalue weighted by atomic mass is 9.95. The molecule has 73 heavy (non-hydrogen) atoms. The molecule has 0 aliphatic heterocycles. The van der Waals surface area contributed by atoms with Gasteiger partial charge in [0, 0.05) is 59.2 Å². The second-order valence-electron chi connectivity index (χ2n) is 18.9. The summed E-state index contributed by atoms with van der Waals surface area (Å²) in [5.74, 6) is -1.65. The second-order valence-corrected chi connectivity index (χ2v) is 18.9. The summed E-state index contributed by atoms with van der Waals surface area (Å²) in [6.07, 6.45) is 24.4. The maximum absolute atomic E-state index is 12.6. The van der Waals surface area contributed by atoms with Gasteiger partial charge >= 0.3 is 23.9 Å². The van der Waals surface area contributed by atoms with Crippen molar-refractivity contribution in [3.05, 3.63) is 130 Å². The number of anilines is 4. The van der Waals surface area contributed by atoms with Crippen LogP contribution < -0.4 is 22.9 Å². The Hall–Kier alpha value is -6.64. The van der Waals surface area contributed by atoms with Gasteiger partial charge in [-0.2, -0.15) is 0 Å². The average molecular weight is 1000 g/mol. The summed E-state index contributed by atoms with van der Waals surface area (Å²) in [5.41, 5.74) is 29.2. The molecule has 4 aromatic carbocycles. The van der Waals surface area contributed by atoms with Gasteiger partial charge in [-0.25, -0.2) is 19.2 Å². The van der Waals surface area contributed by atoms with Crippen LogP contribution in [0.1, 0.15) is 166 Å². The van der Waals surface area contributed by atoms with Gasteiger partial charge in [0.15, 0.2) is 0 Å². The van der Waals surface area contributed by atoms with Crippen molar-refractivity contribution in [2.24, 2.45) is 0 Å². The van der Waals surface area contributed by atoms with Gasteiger partial charge in [0.2, 0.25) is 0 Å². The van der Waals surface area contributed by atoms with E-state index in [1.165, 1.54) is 57.1 Å². The number of esters is 4. The zero-order valence-electron chi connectivity index (χ0n) is 42.9. The van der Waals surface area contributed by atoms with Crippen LogP contribution in [0.25, 0.3) is 12.2 Å². The molecule has 0 saturated heterocycles. The van der Waals surface area contributed by atoms with Gasteiger partial charge in [-0.15, -0.1) is 0 Å². The van der Waals surface area contributed by atoms with E-state index in [1.54, 1.807) is 97.1 Å². The molecule has 2 saturated carbocycles. The van der Waals surface area contributed by atoms with E-state index < -0.39 is 11.9 Å². The molecule has 0 radical (unpaired) electrons. The van der Waals surface area contributed by atoms with E-state index >= 15 is 0 Å². The molecule has 4 aromatic rings. The van der Waals surface area contributed by atoms with Crippen molar-refractivity contribution in [2.45, 2.75) is 161 Å². The van der Waals surface area contributed by atoms with Crippen LogP contribution in [0.2, 0.25) is 0 Å².